The Balaban J connectivity index is 2.67. The van der Waals surface area contributed by atoms with Crippen LogP contribution in [-0.4, -0.2) is 24.5 Å². The van der Waals surface area contributed by atoms with E-state index >= 15 is 0 Å². The fourth-order valence-corrected chi connectivity index (χ4v) is 2.74. The lowest BCUT2D eigenvalue weighted by atomic mass is 10.2. The number of benzene rings is 1. The molecular weight excluding hydrogens is 279 g/mol. The van der Waals surface area contributed by atoms with Crippen molar-refractivity contribution in [3.05, 3.63) is 30.3 Å². The van der Waals surface area contributed by atoms with Crippen LogP contribution in [0.3, 0.4) is 0 Å². The van der Waals surface area contributed by atoms with Gasteiger partial charge in [0.05, 0.1) is 12.2 Å². The van der Waals surface area contributed by atoms with Gasteiger partial charge in [-0.3, -0.25) is 4.79 Å². The summed E-state index contributed by atoms with van der Waals surface area (Å²) in [5.41, 5.74) is 7.92. The van der Waals surface area contributed by atoms with Gasteiger partial charge in [0.15, 0.2) is 5.78 Å². The van der Waals surface area contributed by atoms with Crippen molar-refractivity contribution in [3.63, 3.8) is 0 Å². The molecule has 112 valence electrons. The molecule has 0 amide bonds. The van der Waals surface area contributed by atoms with E-state index in [0.717, 1.165) is 0 Å². The molecule has 0 aliphatic carbocycles. The van der Waals surface area contributed by atoms with E-state index in [1.54, 1.807) is 38.1 Å². The molecular formula is C13H21N2O4P. The summed E-state index contributed by atoms with van der Waals surface area (Å²) in [6.45, 7) is 3.55. The Bertz CT molecular complexity index is 467. The number of nitrogens with two attached hydrogens (primary N) is 1. The molecule has 0 saturated carbocycles. The van der Waals surface area contributed by atoms with Crippen LogP contribution in [0.4, 0.5) is 0 Å². The number of nitrogens with one attached hydrogen (secondary N) is 1. The fraction of sp³-hybridized carbons (Fsp3) is 0.462. The van der Waals surface area contributed by atoms with Crippen molar-refractivity contribution < 1.29 is 18.5 Å². The minimum absolute atomic E-state index is 0.0380. The van der Waals surface area contributed by atoms with Crippen LogP contribution >= 0.6 is 7.60 Å². The van der Waals surface area contributed by atoms with Crippen molar-refractivity contribution in [2.45, 2.75) is 26.3 Å². The Morgan fingerprint density at radius 2 is 2.05 bits per heavy atom. The maximum atomic E-state index is 12.5. The van der Waals surface area contributed by atoms with Gasteiger partial charge in [-0.1, -0.05) is 25.1 Å². The molecule has 0 aliphatic rings. The van der Waals surface area contributed by atoms with Crippen molar-refractivity contribution in [1.82, 2.24) is 5.48 Å². The van der Waals surface area contributed by atoms with E-state index in [0.29, 0.717) is 12.2 Å². The van der Waals surface area contributed by atoms with E-state index in [1.165, 1.54) is 0 Å². The zero-order valence-corrected chi connectivity index (χ0v) is 12.6. The summed E-state index contributed by atoms with van der Waals surface area (Å²) in [5.74, 6) is 0.393. The Morgan fingerprint density at radius 3 is 2.60 bits per heavy atom. The van der Waals surface area contributed by atoms with Crippen LogP contribution in [0.5, 0.6) is 5.75 Å². The Morgan fingerprint density at radius 1 is 1.40 bits per heavy atom. The molecule has 7 heteroatoms. The molecule has 6 nitrogen and oxygen atoms in total. The standard InChI is InChI=1S/C13H21N2O4P/c1-3-13(16)11(2)15-19-20(17,10-9-14)18-12-7-5-4-6-8-12/h4-8,11,15H,3,9-10,14H2,1-2H3/t11-,20?/m1/s1. The predicted molar refractivity (Wildman–Crippen MR) is 77.6 cm³/mol. The van der Waals surface area contributed by atoms with Crippen LogP contribution in [-0.2, 0) is 14.0 Å². The first-order valence-corrected chi connectivity index (χ1v) is 8.24. The van der Waals surface area contributed by atoms with Gasteiger partial charge in [0.2, 0.25) is 0 Å². The summed E-state index contributed by atoms with van der Waals surface area (Å²) in [6.07, 6.45) is 0.431. The first kappa shape index (κ1) is 16.9. The lowest BCUT2D eigenvalue weighted by Crippen LogP contribution is -2.33. The molecule has 2 atom stereocenters. The van der Waals surface area contributed by atoms with E-state index in [1.807, 2.05) is 6.07 Å². The third-order valence-corrected chi connectivity index (χ3v) is 4.27. The lowest BCUT2D eigenvalue weighted by Gasteiger charge is -2.20. The smallest absolute Gasteiger partial charge is 0.396 e. The number of carbonyl (C=O) groups is 1. The van der Waals surface area contributed by atoms with Crippen LogP contribution in [0.1, 0.15) is 20.3 Å². The van der Waals surface area contributed by atoms with Crippen LogP contribution in [0.15, 0.2) is 30.3 Å². The van der Waals surface area contributed by atoms with Crippen molar-refractivity contribution in [2.24, 2.45) is 5.73 Å². The Kier molecular flexibility index (Phi) is 6.88. The molecule has 0 radical (unpaired) electrons. The summed E-state index contributed by atoms with van der Waals surface area (Å²) in [4.78, 5) is 11.4. The number of Topliss-reactive ketones (excluding diaryl/α,β-unsaturated/α-hetero) is 1. The SMILES string of the molecule is CCC(=O)[C@@H](C)NOP(=O)(CCN)Oc1ccccc1. The largest absolute Gasteiger partial charge is 0.423 e. The van der Waals surface area contributed by atoms with Crippen molar-refractivity contribution in [2.75, 3.05) is 12.7 Å². The number of ketones is 1. The highest BCUT2D eigenvalue weighted by atomic mass is 31.2. The molecule has 1 rings (SSSR count). The van der Waals surface area contributed by atoms with Gasteiger partial charge in [0.25, 0.3) is 0 Å². The van der Waals surface area contributed by atoms with Gasteiger partial charge in [-0.2, -0.15) is 5.48 Å². The molecule has 0 aromatic heterocycles. The molecule has 20 heavy (non-hydrogen) atoms. The summed E-state index contributed by atoms with van der Waals surface area (Å²) in [6, 6.07) is 8.14. The highest BCUT2D eigenvalue weighted by molar-refractivity contribution is 7.54. The van der Waals surface area contributed by atoms with E-state index in [-0.39, 0.29) is 18.5 Å². The highest BCUT2D eigenvalue weighted by Crippen LogP contribution is 2.46. The van der Waals surface area contributed by atoms with Gasteiger partial charge in [-0.25, -0.2) is 9.19 Å². The predicted octanol–water partition coefficient (Wildman–Crippen LogP) is 2.11. The summed E-state index contributed by atoms with van der Waals surface area (Å²) >= 11 is 0. The first-order valence-electron chi connectivity index (χ1n) is 6.51. The molecule has 0 fully saturated rings. The Hall–Kier alpha value is -1.20. The number of hydrogen-bond acceptors (Lipinski definition) is 6. The second-order valence-electron chi connectivity index (χ2n) is 4.28. The van der Waals surface area contributed by atoms with E-state index in [9.17, 15) is 9.36 Å². The molecule has 0 aliphatic heterocycles. The van der Waals surface area contributed by atoms with E-state index in [2.05, 4.69) is 5.48 Å². The number of hydroxylamine groups is 1. The molecule has 0 spiro atoms. The fourth-order valence-electron chi connectivity index (χ4n) is 1.44. The summed E-state index contributed by atoms with van der Waals surface area (Å²) in [7, 11) is -3.43. The van der Waals surface area contributed by atoms with Crippen LogP contribution in [0.2, 0.25) is 0 Å². The van der Waals surface area contributed by atoms with Gasteiger partial charge in [0, 0.05) is 13.0 Å². The summed E-state index contributed by atoms with van der Waals surface area (Å²) in [5, 5.41) is 0. The second-order valence-corrected chi connectivity index (χ2v) is 6.31. The number of para-hydroxylation sites is 1. The molecule has 3 N–H and O–H groups in total. The van der Waals surface area contributed by atoms with Crippen LogP contribution < -0.4 is 15.7 Å². The molecule has 1 aromatic carbocycles. The zero-order chi connectivity index (χ0) is 15.0. The van der Waals surface area contributed by atoms with Gasteiger partial charge in [-0.15, -0.1) is 0 Å². The van der Waals surface area contributed by atoms with Gasteiger partial charge < -0.3 is 10.3 Å². The van der Waals surface area contributed by atoms with E-state index in [4.69, 9.17) is 14.9 Å². The third kappa shape index (κ3) is 5.43. The third-order valence-electron chi connectivity index (χ3n) is 2.59. The van der Waals surface area contributed by atoms with E-state index < -0.39 is 13.6 Å². The number of rotatable bonds is 9. The highest BCUT2D eigenvalue weighted by Gasteiger charge is 2.27. The molecule has 0 heterocycles. The average molecular weight is 300 g/mol. The first-order chi connectivity index (χ1) is 9.50. The summed E-state index contributed by atoms with van der Waals surface area (Å²) < 4.78 is 23.0. The number of hydrogen-bond donors (Lipinski definition) is 2. The minimum atomic E-state index is -3.43. The number of carbonyl (C=O) groups excluding carboxylic acids is 1. The van der Waals surface area contributed by atoms with Crippen LogP contribution in [0, 0.1) is 0 Å². The normalized spacial score (nSPS) is 15.3. The quantitative estimate of drug-likeness (QED) is 0.536. The molecule has 1 aromatic rings. The molecule has 0 saturated heterocycles. The topological polar surface area (TPSA) is 90.7 Å². The van der Waals surface area contributed by atoms with Crippen LogP contribution in [0.25, 0.3) is 0 Å². The van der Waals surface area contributed by atoms with Gasteiger partial charge in [-0.05, 0) is 19.1 Å². The second kappa shape index (κ2) is 8.17. The zero-order valence-electron chi connectivity index (χ0n) is 11.7. The molecule has 0 bridgehead atoms. The van der Waals surface area contributed by atoms with Crippen molar-refractivity contribution in [1.29, 1.82) is 0 Å². The van der Waals surface area contributed by atoms with Gasteiger partial charge in [0.1, 0.15) is 5.75 Å². The monoisotopic (exact) mass is 300 g/mol. The van der Waals surface area contributed by atoms with Crippen molar-refractivity contribution >= 4 is 13.4 Å². The maximum absolute atomic E-state index is 12.5. The van der Waals surface area contributed by atoms with Gasteiger partial charge >= 0.3 is 7.60 Å². The maximum Gasteiger partial charge on any atom is 0.396 e. The average Bonchev–Trinajstić information content (AvgIpc) is 2.45. The lowest BCUT2D eigenvalue weighted by molar-refractivity contribution is -0.122. The van der Waals surface area contributed by atoms with Crippen molar-refractivity contribution in [3.8, 4) is 5.75 Å². The minimum Gasteiger partial charge on any atom is -0.423 e. The Labute approximate surface area is 119 Å². The molecule has 1 unspecified atom stereocenters.